The zero-order valence-electron chi connectivity index (χ0n) is 19.2. The summed E-state index contributed by atoms with van der Waals surface area (Å²) in [6.45, 7) is 6.78. The lowest BCUT2D eigenvalue weighted by Gasteiger charge is -2.21. The molecule has 0 fully saturated rings. The molecule has 6 nitrogen and oxygen atoms in total. The van der Waals surface area contributed by atoms with Crippen LogP contribution in [0.1, 0.15) is 56.1 Å². The van der Waals surface area contributed by atoms with Crippen LogP contribution >= 0.6 is 0 Å². The summed E-state index contributed by atoms with van der Waals surface area (Å²) in [5.41, 5.74) is 17.5. The van der Waals surface area contributed by atoms with Crippen molar-refractivity contribution in [3.63, 3.8) is 0 Å². The van der Waals surface area contributed by atoms with E-state index in [1.54, 1.807) is 0 Å². The van der Waals surface area contributed by atoms with Crippen molar-refractivity contribution in [3.05, 3.63) is 65.0 Å². The Bertz CT molecular complexity index is 1250. The number of nitrogens with two attached hydrogens (primary N) is 2. The van der Waals surface area contributed by atoms with E-state index >= 15 is 0 Å². The summed E-state index contributed by atoms with van der Waals surface area (Å²) < 4.78 is 2.13. The molecule has 168 valence electrons. The van der Waals surface area contributed by atoms with Crippen molar-refractivity contribution in [2.45, 2.75) is 65.1 Å². The molecule has 0 aliphatic rings. The van der Waals surface area contributed by atoms with E-state index in [0.717, 1.165) is 59.1 Å². The highest BCUT2D eigenvalue weighted by molar-refractivity contribution is 6.06. The molecule has 0 unspecified atom stereocenters. The number of aliphatic hydroxyl groups is 1. The van der Waals surface area contributed by atoms with Gasteiger partial charge in [-0.1, -0.05) is 49.7 Å². The van der Waals surface area contributed by atoms with Crippen molar-refractivity contribution in [2.75, 3.05) is 5.73 Å². The first-order valence-electron chi connectivity index (χ1n) is 11.4. The smallest absolute Gasteiger partial charge is 0.152 e. The van der Waals surface area contributed by atoms with Crippen LogP contribution in [0.2, 0.25) is 0 Å². The van der Waals surface area contributed by atoms with Gasteiger partial charge in [0.25, 0.3) is 0 Å². The minimum Gasteiger partial charge on any atom is -0.389 e. The molecule has 2 heterocycles. The number of hydrogen-bond donors (Lipinski definition) is 3. The van der Waals surface area contributed by atoms with Crippen LogP contribution in [0, 0.1) is 0 Å². The summed E-state index contributed by atoms with van der Waals surface area (Å²) in [4.78, 5) is 9.54. The second kappa shape index (κ2) is 8.88. The average molecular weight is 432 g/mol. The minimum atomic E-state index is -0.870. The third-order valence-corrected chi connectivity index (χ3v) is 5.88. The maximum atomic E-state index is 10.6. The number of fused-ring (bicyclic) bond motifs is 3. The summed E-state index contributed by atoms with van der Waals surface area (Å²) in [5.74, 6) is 1.38. The fraction of sp³-hybridized carbons (Fsp3) is 0.385. The van der Waals surface area contributed by atoms with Gasteiger partial charge in [0.1, 0.15) is 11.3 Å². The lowest BCUT2D eigenvalue weighted by Crippen LogP contribution is -2.27. The van der Waals surface area contributed by atoms with Crippen LogP contribution in [-0.2, 0) is 25.9 Å². The van der Waals surface area contributed by atoms with E-state index in [0.29, 0.717) is 24.4 Å². The van der Waals surface area contributed by atoms with Crippen LogP contribution in [-0.4, -0.2) is 25.2 Å². The van der Waals surface area contributed by atoms with Gasteiger partial charge in [0.05, 0.1) is 23.2 Å². The molecule has 4 rings (SSSR count). The summed E-state index contributed by atoms with van der Waals surface area (Å²) >= 11 is 0. The molecule has 0 amide bonds. The molecule has 5 N–H and O–H groups in total. The van der Waals surface area contributed by atoms with Crippen molar-refractivity contribution < 1.29 is 5.11 Å². The molecule has 0 radical (unpaired) electrons. The van der Waals surface area contributed by atoms with Gasteiger partial charge < -0.3 is 21.1 Å². The Kier molecular flexibility index (Phi) is 6.17. The van der Waals surface area contributed by atoms with Crippen molar-refractivity contribution in [2.24, 2.45) is 5.73 Å². The SMILES string of the molecule is CCCCc1nc2c(N)nc3cc(Cc4ccccc4CN)ccc3c2n1CC(C)(C)O. The number of aromatic nitrogens is 3. The normalized spacial score (nSPS) is 12.2. The monoisotopic (exact) mass is 431 g/mol. The third-order valence-electron chi connectivity index (χ3n) is 5.88. The van der Waals surface area contributed by atoms with Crippen LogP contribution < -0.4 is 11.5 Å². The van der Waals surface area contributed by atoms with E-state index < -0.39 is 5.60 Å². The number of nitrogen functional groups attached to an aromatic ring is 1. The first-order chi connectivity index (χ1) is 15.3. The van der Waals surface area contributed by atoms with Gasteiger partial charge in [-0.3, -0.25) is 0 Å². The van der Waals surface area contributed by atoms with Crippen LogP contribution in [0.25, 0.3) is 21.9 Å². The molecular formula is C26H33N5O. The van der Waals surface area contributed by atoms with E-state index in [9.17, 15) is 5.11 Å². The molecule has 0 aliphatic heterocycles. The number of pyridine rings is 1. The first kappa shape index (κ1) is 22.2. The Morgan fingerprint density at radius 1 is 1.06 bits per heavy atom. The van der Waals surface area contributed by atoms with Crippen molar-refractivity contribution in [1.82, 2.24) is 14.5 Å². The Morgan fingerprint density at radius 3 is 2.50 bits per heavy atom. The number of benzene rings is 2. The van der Waals surface area contributed by atoms with E-state index in [1.165, 1.54) is 5.56 Å². The molecule has 0 bridgehead atoms. The largest absolute Gasteiger partial charge is 0.389 e. The van der Waals surface area contributed by atoms with Crippen molar-refractivity contribution in [1.29, 1.82) is 0 Å². The molecule has 4 aromatic rings. The molecule has 6 heteroatoms. The third kappa shape index (κ3) is 4.47. The van der Waals surface area contributed by atoms with Crippen LogP contribution in [0.5, 0.6) is 0 Å². The highest BCUT2D eigenvalue weighted by Gasteiger charge is 2.22. The molecular weight excluding hydrogens is 398 g/mol. The Hall–Kier alpha value is -2.96. The lowest BCUT2D eigenvalue weighted by atomic mass is 9.98. The van der Waals surface area contributed by atoms with Crippen LogP contribution in [0.3, 0.4) is 0 Å². The van der Waals surface area contributed by atoms with E-state index in [-0.39, 0.29) is 0 Å². The molecule has 0 saturated heterocycles. The second-order valence-corrected chi connectivity index (χ2v) is 9.23. The predicted molar refractivity (Wildman–Crippen MR) is 131 cm³/mol. The van der Waals surface area contributed by atoms with Crippen molar-refractivity contribution >= 4 is 27.8 Å². The number of nitrogens with zero attached hydrogens (tertiary/aromatic N) is 3. The molecule has 32 heavy (non-hydrogen) atoms. The molecule has 0 aliphatic carbocycles. The number of imidazole rings is 1. The number of hydrogen-bond acceptors (Lipinski definition) is 5. The topological polar surface area (TPSA) is 103 Å². The maximum Gasteiger partial charge on any atom is 0.152 e. The predicted octanol–water partition coefficient (Wildman–Crippen LogP) is 4.33. The number of anilines is 1. The van der Waals surface area contributed by atoms with Crippen molar-refractivity contribution in [3.8, 4) is 0 Å². The number of unbranched alkanes of at least 4 members (excludes halogenated alkanes) is 1. The van der Waals surface area contributed by atoms with Gasteiger partial charge in [-0.25, -0.2) is 9.97 Å². The fourth-order valence-corrected chi connectivity index (χ4v) is 4.35. The maximum absolute atomic E-state index is 10.6. The first-order valence-corrected chi connectivity index (χ1v) is 11.4. The molecule has 0 spiro atoms. The van der Waals surface area contributed by atoms with Crippen LogP contribution in [0.4, 0.5) is 5.82 Å². The Morgan fingerprint density at radius 2 is 1.81 bits per heavy atom. The van der Waals surface area contributed by atoms with Gasteiger partial charge in [-0.05, 0) is 49.4 Å². The highest BCUT2D eigenvalue weighted by atomic mass is 16.3. The molecule has 0 atom stereocenters. The fourth-order valence-electron chi connectivity index (χ4n) is 4.35. The average Bonchev–Trinajstić information content (AvgIpc) is 3.10. The highest BCUT2D eigenvalue weighted by Crippen LogP contribution is 2.31. The molecule has 2 aromatic heterocycles. The summed E-state index contributed by atoms with van der Waals surface area (Å²) in [6.07, 6.45) is 3.74. The zero-order chi connectivity index (χ0) is 22.9. The summed E-state index contributed by atoms with van der Waals surface area (Å²) in [6, 6.07) is 14.6. The zero-order valence-corrected chi connectivity index (χ0v) is 19.2. The Labute approximate surface area is 189 Å². The van der Waals surface area contributed by atoms with Gasteiger partial charge in [-0.15, -0.1) is 0 Å². The summed E-state index contributed by atoms with van der Waals surface area (Å²) in [7, 11) is 0. The molecule has 2 aromatic carbocycles. The van der Waals surface area contributed by atoms with Gasteiger partial charge in [0, 0.05) is 18.4 Å². The van der Waals surface area contributed by atoms with Gasteiger partial charge >= 0.3 is 0 Å². The lowest BCUT2D eigenvalue weighted by molar-refractivity contribution is 0.0618. The Balaban J connectivity index is 1.85. The van der Waals surface area contributed by atoms with Gasteiger partial charge in [-0.2, -0.15) is 0 Å². The standard InChI is InChI=1S/C26H33N5O/c1-4-5-10-22-30-23-24(31(22)16-26(2,3)32)20-12-11-17(14-21(20)29-25(23)28)13-18-8-6-7-9-19(18)15-27/h6-9,11-12,14,32H,4-5,10,13,15-16,27H2,1-3H3,(H2,28,29). The van der Waals surface area contributed by atoms with Gasteiger partial charge in [0.15, 0.2) is 5.82 Å². The summed E-state index contributed by atoms with van der Waals surface area (Å²) in [5, 5.41) is 11.6. The van der Waals surface area contributed by atoms with E-state index in [2.05, 4.69) is 41.8 Å². The second-order valence-electron chi connectivity index (χ2n) is 9.23. The van der Waals surface area contributed by atoms with E-state index in [4.69, 9.17) is 21.4 Å². The van der Waals surface area contributed by atoms with Crippen LogP contribution in [0.15, 0.2) is 42.5 Å². The minimum absolute atomic E-state index is 0.430. The van der Waals surface area contributed by atoms with E-state index in [1.807, 2.05) is 26.0 Å². The molecule has 0 saturated carbocycles. The number of aryl methyl sites for hydroxylation is 1. The quantitative estimate of drug-likeness (QED) is 0.385. The van der Waals surface area contributed by atoms with Gasteiger partial charge in [0.2, 0.25) is 0 Å². The number of rotatable bonds is 8.